The van der Waals surface area contributed by atoms with E-state index >= 15 is 0 Å². The van der Waals surface area contributed by atoms with Gasteiger partial charge in [0.25, 0.3) is 0 Å². The molecule has 0 saturated carbocycles. The topological polar surface area (TPSA) is 47.3 Å². The molecule has 18 heavy (non-hydrogen) atoms. The molecule has 94 valence electrons. The van der Waals surface area contributed by atoms with Gasteiger partial charge in [0.05, 0.1) is 0 Å². The molecule has 0 aliphatic rings. The lowest BCUT2D eigenvalue weighted by atomic mass is 10.2. The van der Waals surface area contributed by atoms with Crippen molar-refractivity contribution >= 4 is 5.69 Å². The molecule has 0 fully saturated rings. The lowest BCUT2D eigenvalue weighted by Gasteiger charge is -2.07. The van der Waals surface area contributed by atoms with Crippen molar-refractivity contribution in [2.45, 2.75) is 6.54 Å². The first-order valence-electron chi connectivity index (χ1n) is 6.07. The number of benzene rings is 2. The van der Waals surface area contributed by atoms with Gasteiger partial charge in [0.2, 0.25) is 0 Å². The zero-order valence-electron chi connectivity index (χ0n) is 10.3. The Kier molecular flexibility index (Phi) is 4.61. The van der Waals surface area contributed by atoms with Crippen molar-refractivity contribution in [3.05, 3.63) is 60.2 Å². The molecular formula is C15H18N2O. The summed E-state index contributed by atoms with van der Waals surface area (Å²) in [5.74, 6) is 0.853. The molecule has 0 aromatic heterocycles. The van der Waals surface area contributed by atoms with Gasteiger partial charge in [-0.2, -0.15) is 0 Å². The van der Waals surface area contributed by atoms with Crippen LogP contribution in [0.15, 0.2) is 54.6 Å². The highest BCUT2D eigenvalue weighted by Crippen LogP contribution is 2.12. The van der Waals surface area contributed by atoms with E-state index in [1.54, 1.807) is 0 Å². The van der Waals surface area contributed by atoms with E-state index in [0.29, 0.717) is 6.61 Å². The number of hydrogen-bond donors (Lipinski definition) is 2. The predicted octanol–water partition coefficient (Wildman–Crippen LogP) is 2.44. The Balaban J connectivity index is 1.63. The Morgan fingerprint density at radius 1 is 0.944 bits per heavy atom. The average molecular weight is 242 g/mol. The Bertz CT molecular complexity index is 454. The number of ether oxygens (including phenoxy) is 1. The number of anilines is 1. The second-order valence-corrected chi connectivity index (χ2v) is 4.08. The summed E-state index contributed by atoms with van der Waals surface area (Å²) in [6.07, 6.45) is 0. The molecule has 0 bridgehead atoms. The molecule has 0 unspecified atom stereocenters. The monoisotopic (exact) mass is 242 g/mol. The molecule has 3 nitrogen and oxygen atoms in total. The first-order valence-corrected chi connectivity index (χ1v) is 6.07. The summed E-state index contributed by atoms with van der Waals surface area (Å²) in [7, 11) is 0. The fourth-order valence-corrected chi connectivity index (χ4v) is 1.63. The van der Waals surface area contributed by atoms with E-state index in [2.05, 4.69) is 17.4 Å². The van der Waals surface area contributed by atoms with Gasteiger partial charge in [0.1, 0.15) is 12.4 Å². The highest BCUT2D eigenvalue weighted by molar-refractivity contribution is 5.41. The van der Waals surface area contributed by atoms with Gasteiger partial charge in [-0.15, -0.1) is 0 Å². The van der Waals surface area contributed by atoms with E-state index in [1.165, 1.54) is 5.56 Å². The van der Waals surface area contributed by atoms with Crippen LogP contribution in [0.3, 0.4) is 0 Å². The fourth-order valence-electron chi connectivity index (χ4n) is 1.63. The third-order valence-electron chi connectivity index (χ3n) is 2.60. The largest absolute Gasteiger partial charge is 0.492 e. The second kappa shape index (κ2) is 6.67. The summed E-state index contributed by atoms with van der Waals surface area (Å²) >= 11 is 0. The number of nitrogens with one attached hydrogen (secondary N) is 1. The molecule has 0 aliphatic heterocycles. The Hall–Kier alpha value is -2.00. The zero-order chi connectivity index (χ0) is 12.6. The standard InChI is InChI=1S/C15H18N2O/c16-14-6-8-15(9-7-14)18-11-10-17-12-13-4-2-1-3-5-13/h1-9,17H,10-12,16H2. The lowest BCUT2D eigenvalue weighted by Crippen LogP contribution is -2.20. The molecule has 0 spiro atoms. The minimum absolute atomic E-state index is 0.650. The highest BCUT2D eigenvalue weighted by atomic mass is 16.5. The van der Waals surface area contributed by atoms with E-state index in [4.69, 9.17) is 10.5 Å². The predicted molar refractivity (Wildman–Crippen MR) is 74.5 cm³/mol. The van der Waals surface area contributed by atoms with E-state index in [0.717, 1.165) is 24.5 Å². The molecule has 0 aliphatic carbocycles. The SMILES string of the molecule is Nc1ccc(OCCNCc2ccccc2)cc1. The van der Waals surface area contributed by atoms with Crippen molar-refractivity contribution < 1.29 is 4.74 Å². The van der Waals surface area contributed by atoms with E-state index in [-0.39, 0.29) is 0 Å². The maximum Gasteiger partial charge on any atom is 0.119 e. The highest BCUT2D eigenvalue weighted by Gasteiger charge is 1.94. The first-order chi connectivity index (χ1) is 8.84. The van der Waals surface area contributed by atoms with Crippen LogP contribution in [0.1, 0.15) is 5.56 Å². The van der Waals surface area contributed by atoms with Gasteiger partial charge in [-0.3, -0.25) is 0 Å². The third kappa shape index (κ3) is 4.11. The van der Waals surface area contributed by atoms with E-state index in [1.807, 2.05) is 42.5 Å². The van der Waals surface area contributed by atoms with E-state index < -0.39 is 0 Å². The van der Waals surface area contributed by atoms with Crippen molar-refractivity contribution in [2.24, 2.45) is 0 Å². The van der Waals surface area contributed by atoms with Crippen LogP contribution in [0.5, 0.6) is 5.75 Å². The van der Waals surface area contributed by atoms with Gasteiger partial charge in [-0.05, 0) is 29.8 Å². The number of hydrogen-bond acceptors (Lipinski definition) is 3. The molecular weight excluding hydrogens is 224 g/mol. The van der Waals surface area contributed by atoms with Crippen molar-refractivity contribution in [1.82, 2.24) is 5.32 Å². The molecule has 2 rings (SSSR count). The number of rotatable bonds is 6. The second-order valence-electron chi connectivity index (χ2n) is 4.08. The van der Waals surface area contributed by atoms with Crippen LogP contribution in [0.25, 0.3) is 0 Å². The quantitative estimate of drug-likeness (QED) is 0.604. The van der Waals surface area contributed by atoms with Gasteiger partial charge in [0.15, 0.2) is 0 Å². The summed E-state index contributed by atoms with van der Waals surface area (Å²) in [5, 5.41) is 3.33. The summed E-state index contributed by atoms with van der Waals surface area (Å²) in [6, 6.07) is 17.8. The first kappa shape index (κ1) is 12.5. The Morgan fingerprint density at radius 3 is 2.39 bits per heavy atom. The molecule has 0 heterocycles. The molecule has 0 radical (unpaired) electrons. The van der Waals surface area contributed by atoms with Crippen LogP contribution < -0.4 is 15.8 Å². The normalized spacial score (nSPS) is 10.2. The van der Waals surface area contributed by atoms with Gasteiger partial charge in [-0.25, -0.2) is 0 Å². The van der Waals surface area contributed by atoms with Gasteiger partial charge in [-0.1, -0.05) is 30.3 Å². The number of nitrogen functional groups attached to an aromatic ring is 1. The number of nitrogens with two attached hydrogens (primary N) is 1. The van der Waals surface area contributed by atoms with Crippen LogP contribution in [-0.2, 0) is 6.54 Å². The zero-order valence-corrected chi connectivity index (χ0v) is 10.3. The minimum Gasteiger partial charge on any atom is -0.492 e. The van der Waals surface area contributed by atoms with Crippen LogP contribution in [0.4, 0.5) is 5.69 Å². The summed E-state index contributed by atoms with van der Waals surface area (Å²) < 4.78 is 5.58. The van der Waals surface area contributed by atoms with Crippen molar-refractivity contribution in [3.8, 4) is 5.75 Å². The van der Waals surface area contributed by atoms with Crippen molar-refractivity contribution in [2.75, 3.05) is 18.9 Å². The van der Waals surface area contributed by atoms with Crippen LogP contribution in [-0.4, -0.2) is 13.2 Å². The molecule has 3 N–H and O–H groups in total. The van der Waals surface area contributed by atoms with Crippen molar-refractivity contribution in [1.29, 1.82) is 0 Å². The molecule has 2 aromatic rings. The molecule has 0 amide bonds. The molecule has 2 aromatic carbocycles. The molecule has 0 atom stereocenters. The van der Waals surface area contributed by atoms with Gasteiger partial charge < -0.3 is 15.8 Å². The Labute approximate surface area is 108 Å². The Morgan fingerprint density at radius 2 is 1.67 bits per heavy atom. The van der Waals surface area contributed by atoms with Gasteiger partial charge in [0, 0.05) is 18.8 Å². The summed E-state index contributed by atoms with van der Waals surface area (Å²) in [5.41, 5.74) is 7.64. The maximum atomic E-state index is 5.60. The molecule has 0 saturated heterocycles. The summed E-state index contributed by atoms with van der Waals surface area (Å²) in [4.78, 5) is 0. The van der Waals surface area contributed by atoms with Crippen LogP contribution in [0.2, 0.25) is 0 Å². The summed E-state index contributed by atoms with van der Waals surface area (Å²) in [6.45, 7) is 2.34. The smallest absolute Gasteiger partial charge is 0.119 e. The maximum absolute atomic E-state index is 5.60. The van der Waals surface area contributed by atoms with Gasteiger partial charge >= 0.3 is 0 Å². The minimum atomic E-state index is 0.650. The van der Waals surface area contributed by atoms with E-state index in [9.17, 15) is 0 Å². The van der Waals surface area contributed by atoms with Crippen LogP contribution >= 0.6 is 0 Å². The van der Waals surface area contributed by atoms with Crippen LogP contribution in [0, 0.1) is 0 Å². The fraction of sp³-hybridized carbons (Fsp3) is 0.200. The lowest BCUT2D eigenvalue weighted by molar-refractivity contribution is 0.313. The average Bonchev–Trinajstić information content (AvgIpc) is 2.42. The molecule has 3 heteroatoms. The third-order valence-corrected chi connectivity index (χ3v) is 2.60. The van der Waals surface area contributed by atoms with Crippen molar-refractivity contribution in [3.63, 3.8) is 0 Å².